The Morgan fingerprint density at radius 2 is 1.90 bits per heavy atom. The number of rotatable bonds is 4. The molecular formula is C18H29N3. The predicted octanol–water partition coefficient (Wildman–Crippen LogP) is 3.89. The van der Waals surface area contributed by atoms with Crippen LogP contribution < -0.4 is 4.90 Å². The lowest BCUT2D eigenvalue weighted by atomic mass is 10.1. The highest BCUT2D eigenvalue weighted by Gasteiger charge is 2.17. The van der Waals surface area contributed by atoms with Crippen LogP contribution in [0.25, 0.3) is 10.9 Å². The molecule has 2 heterocycles. The number of hydrogen-bond acceptors (Lipinski definition) is 2. The number of nitrogens with one attached hydrogen (secondary N) is 1. The van der Waals surface area contributed by atoms with Gasteiger partial charge in [0.15, 0.2) is 0 Å². The minimum Gasteiger partial charge on any atom is -0.369 e. The summed E-state index contributed by atoms with van der Waals surface area (Å²) in [5.41, 5.74) is 3.85. The second kappa shape index (κ2) is 6.10. The third-order valence-electron chi connectivity index (χ3n) is 4.50. The van der Waals surface area contributed by atoms with Crippen molar-refractivity contribution in [3.8, 4) is 0 Å². The SMILES string of the molecule is Cc1cc2ccc(N3CCN(CCC(C)C)CC3)cc2[nH]1.[HH]. The Morgan fingerprint density at radius 3 is 2.62 bits per heavy atom. The number of piperazine rings is 1. The molecule has 1 saturated heterocycles. The molecule has 1 aliphatic heterocycles. The Labute approximate surface area is 129 Å². The molecule has 3 nitrogen and oxygen atoms in total. The minimum atomic E-state index is 0. The lowest BCUT2D eigenvalue weighted by Crippen LogP contribution is -2.46. The zero-order valence-corrected chi connectivity index (χ0v) is 13.5. The molecule has 1 fully saturated rings. The molecule has 21 heavy (non-hydrogen) atoms. The molecule has 0 atom stereocenters. The van der Waals surface area contributed by atoms with Gasteiger partial charge in [-0.05, 0) is 49.4 Å². The smallest absolute Gasteiger partial charge is 0.0476 e. The van der Waals surface area contributed by atoms with Crippen molar-refractivity contribution in [2.24, 2.45) is 5.92 Å². The van der Waals surface area contributed by atoms with Crippen molar-refractivity contribution in [1.29, 1.82) is 0 Å². The van der Waals surface area contributed by atoms with E-state index in [1.165, 1.54) is 48.3 Å². The quantitative estimate of drug-likeness (QED) is 0.921. The molecule has 0 aliphatic carbocycles. The molecule has 0 saturated carbocycles. The summed E-state index contributed by atoms with van der Waals surface area (Å²) < 4.78 is 0. The van der Waals surface area contributed by atoms with Crippen LogP contribution in [0.4, 0.5) is 5.69 Å². The summed E-state index contributed by atoms with van der Waals surface area (Å²) in [5.74, 6) is 0.807. The second-order valence-corrected chi connectivity index (χ2v) is 6.74. The first-order valence-corrected chi connectivity index (χ1v) is 8.18. The standard InChI is InChI=1S/C18H27N3.H2/c1-14(2)6-7-20-8-10-21(11-9-20)17-5-4-16-12-15(3)19-18(16)13-17;/h4-5,12-14,19H,6-11H2,1-3H3;1H. The monoisotopic (exact) mass is 287 g/mol. The number of anilines is 1. The van der Waals surface area contributed by atoms with Crippen molar-refractivity contribution >= 4 is 16.6 Å². The summed E-state index contributed by atoms with van der Waals surface area (Å²) >= 11 is 0. The van der Waals surface area contributed by atoms with Gasteiger partial charge in [0, 0.05) is 44.5 Å². The molecule has 0 bridgehead atoms. The molecule has 2 aromatic rings. The van der Waals surface area contributed by atoms with Crippen LogP contribution in [0.2, 0.25) is 0 Å². The lowest BCUT2D eigenvalue weighted by molar-refractivity contribution is 0.244. The lowest BCUT2D eigenvalue weighted by Gasteiger charge is -2.36. The first-order valence-electron chi connectivity index (χ1n) is 8.18. The van der Waals surface area contributed by atoms with Crippen LogP contribution in [0.1, 0.15) is 27.4 Å². The van der Waals surface area contributed by atoms with Gasteiger partial charge < -0.3 is 9.88 Å². The summed E-state index contributed by atoms with van der Waals surface area (Å²) in [4.78, 5) is 8.56. The van der Waals surface area contributed by atoms with Crippen molar-refractivity contribution in [3.63, 3.8) is 0 Å². The zero-order chi connectivity index (χ0) is 14.8. The number of fused-ring (bicyclic) bond motifs is 1. The van der Waals surface area contributed by atoms with Gasteiger partial charge in [-0.15, -0.1) is 0 Å². The maximum atomic E-state index is 3.44. The van der Waals surface area contributed by atoms with Gasteiger partial charge in [0.05, 0.1) is 0 Å². The fourth-order valence-corrected chi connectivity index (χ4v) is 3.13. The van der Waals surface area contributed by atoms with Crippen molar-refractivity contribution < 1.29 is 1.43 Å². The van der Waals surface area contributed by atoms with Gasteiger partial charge in [0.1, 0.15) is 0 Å². The van der Waals surface area contributed by atoms with Crippen molar-refractivity contribution in [2.75, 3.05) is 37.6 Å². The Bertz CT molecular complexity index is 597. The average molecular weight is 287 g/mol. The minimum absolute atomic E-state index is 0. The van der Waals surface area contributed by atoms with Gasteiger partial charge in [-0.1, -0.05) is 19.9 Å². The van der Waals surface area contributed by atoms with E-state index < -0.39 is 0 Å². The van der Waals surface area contributed by atoms with Gasteiger partial charge in [-0.25, -0.2) is 0 Å². The number of aromatic nitrogens is 1. The molecule has 1 aromatic carbocycles. The van der Waals surface area contributed by atoms with Crippen LogP contribution in [0, 0.1) is 12.8 Å². The predicted molar refractivity (Wildman–Crippen MR) is 93.3 cm³/mol. The number of aromatic amines is 1. The van der Waals surface area contributed by atoms with Crippen molar-refractivity contribution in [3.05, 3.63) is 30.0 Å². The summed E-state index contributed by atoms with van der Waals surface area (Å²) in [6.07, 6.45) is 1.31. The molecule has 116 valence electrons. The van der Waals surface area contributed by atoms with E-state index in [1.54, 1.807) is 0 Å². The molecule has 1 N–H and O–H groups in total. The first kappa shape index (κ1) is 14.5. The Hall–Kier alpha value is -1.48. The van der Waals surface area contributed by atoms with E-state index in [1.807, 2.05) is 0 Å². The normalized spacial score (nSPS) is 17.0. The Kier molecular flexibility index (Phi) is 4.20. The van der Waals surface area contributed by atoms with E-state index in [4.69, 9.17) is 0 Å². The molecule has 3 heteroatoms. The second-order valence-electron chi connectivity index (χ2n) is 6.74. The van der Waals surface area contributed by atoms with Gasteiger partial charge in [0.2, 0.25) is 0 Å². The van der Waals surface area contributed by atoms with E-state index in [0.717, 1.165) is 19.0 Å². The van der Waals surface area contributed by atoms with E-state index >= 15 is 0 Å². The molecule has 1 aromatic heterocycles. The van der Waals surface area contributed by atoms with Gasteiger partial charge >= 0.3 is 0 Å². The number of benzene rings is 1. The van der Waals surface area contributed by atoms with Crippen LogP contribution >= 0.6 is 0 Å². The maximum Gasteiger partial charge on any atom is 0.0476 e. The summed E-state index contributed by atoms with van der Waals surface area (Å²) in [5, 5.41) is 1.31. The van der Waals surface area contributed by atoms with E-state index in [9.17, 15) is 0 Å². The van der Waals surface area contributed by atoms with Gasteiger partial charge in [0.25, 0.3) is 0 Å². The third kappa shape index (κ3) is 3.41. The fraction of sp³-hybridized carbons (Fsp3) is 0.556. The van der Waals surface area contributed by atoms with Gasteiger partial charge in [-0.3, -0.25) is 4.90 Å². The van der Waals surface area contributed by atoms with Crippen LogP contribution in [0.15, 0.2) is 24.3 Å². The maximum absolute atomic E-state index is 3.44. The van der Waals surface area contributed by atoms with Gasteiger partial charge in [-0.2, -0.15) is 0 Å². The van der Waals surface area contributed by atoms with Crippen molar-refractivity contribution in [2.45, 2.75) is 27.2 Å². The first-order chi connectivity index (χ1) is 10.1. The largest absolute Gasteiger partial charge is 0.369 e. The summed E-state index contributed by atoms with van der Waals surface area (Å²) in [6, 6.07) is 9.01. The molecule has 0 amide bonds. The molecule has 0 radical (unpaired) electrons. The zero-order valence-electron chi connectivity index (χ0n) is 13.5. The number of aryl methyl sites for hydroxylation is 1. The molecule has 1 aliphatic rings. The molecule has 0 spiro atoms. The van der Waals surface area contributed by atoms with E-state index in [-0.39, 0.29) is 1.43 Å². The Morgan fingerprint density at radius 1 is 1.14 bits per heavy atom. The topological polar surface area (TPSA) is 22.3 Å². The fourth-order valence-electron chi connectivity index (χ4n) is 3.13. The van der Waals surface area contributed by atoms with Crippen LogP contribution in [0.5, 0.6) is 0 Å². The highest BCUT2D eigenvalue weighted by molar-refractivity contribution is 5.84. The van der Waals surface area contributed by atoms with Crippen molar-refractivity contribution in [1.82, 2.24) is 9.88 Å². The number of nitrogens with zero attached hydrogens (tertiary/aromatic N) is 2. The van der Waals surface area contributed by atoms with Crippen LogP contribution in [0.3, 0.4) is 0 Å². The molecule has 0 unspecified atom stereocenters. The van der Waals surface area contributed by atoms with E-state index in [2.05, 4.69) is 59.8 Å². The highest BCUT2D eigenvalue weighted by atomic mass is 15.3. The molecular weight excluding hydrogens is 258 g/mol. The summed E-state index contributed by atoms with van der Waals surface area (Å²) in [7, 11) is 0. The third-order valence-corrected chi connectivity index (χ3v) is 4.50. The molecule has 3 rings (SSSR count). The summed E-state index contributed by atoms with van der Waals surface area (Å²) in [6.45, 7) is 12.6. The average Bonchev–Trinajstić information content (AvgIpc) is 2.84. The Balaban J connectivity index is 0.00000176. The van der Waals surface area contributed by atoms with Crippen LogP contribution in [-0.2, 0) is 0 Å². The van der Waals surface area contributed by atoms with Crippen LogP contribution in [-0.4, -0.2) is 42.6 Å². The highest BCUT2D eigenvalue weighted by Crippen LogP contribution is 2.23. The number of H-pyrrole nitrogens is 1. The number of hydrogen-bond donors (Lipinski definition) is 1. The van der Waals surface area contributed by atoms with E-state index in [0.29, 0.717) is 0 Å².